The Hall–Kier alpha value is -0.150. The van der Waals surface area contributed by atoms with Crippen LogP contribution in [0.2, 0.25) is 0 Å². The van der Waals surface area contributed by atoms with Crippen molar-refractivity contribution in [3.63, 3.8) is 0 Å². The standard InChI is InChI=1S/C7H13FO2/c1-2-6-7(9)5(8)3-4-10-6/h5-7,9H,2-4H2,1H3. The molecule has 1 aliphatic rings. The minimum atomic E-state index is -1.08. The minimum Gasteiger partial charge on any atom is -0.387 e. The molecule has 1 N–H and O–H groups in total. The molecule has 0 saturated carbocycles. The van der Waals surface area contributed by atoms with Gasteiger partial charge in [-0.25, -0.2) is 4.39 Å². The van der Waals surface area contributed by atoms with Crippen LogP contribution in [0.15, 0.2) is 0 Å². The third-order valence-corrected chi connectivity index (χ3v) is 1.88. The first-order chi connectivity index (χ1) is 4.75. The highest BCUT2D eigenvalue weighted by Gasteiger charge is 2.31. The molecular formula is C7H13FO2. The van der Waals surface area contributed by atoms with Crippen molar-refractivity contribution in [3.05, 3.63) is 0 Å². The smallest absolute Gasteiger partial charge is 0.131 e. The molecule has 0 radical (unpaired) electrons. The summed E-state index contributed by atoms with van der Waals surface area (Å²) in [6.45, 7) is 2.32. The van der Waals surface area contributed by atoms with E-state index in [-0.39, 0.29) is 6.10 Å². The van der Waals surface area contributed by atoms with Crippen LogP contribution < -0.4 is 0 Å². The van der Waals surface area contributed by atoms with Crippen LogP contribution in [0.1, 0.15) is 19.8 Å². The van der Waals surface area contributed by atoms with Gasteiger partial charge in [-0.05, 0) is 6.42 Å². The maximum Gasteiger partial charge on any atom is 0.131 e. The highest BCUT2D eigenvalue weighted by atomic mass is 19.1. The summed E-state index contributed by atoms with van der Waals surface area (Å²) in [5.74, 6) is 0. The molecule has 0 aliphatic carbocycles. The predicted octanol–water partition coefficient (Wildman–Crippen LogP) is 0.884. The topological polar surface area (TPSA) is 29.5 Å². The fourth-order valence-corrected chi connectivity index (χ4v) is 1.19. The molecule has 1 saturated heterocycles. The molecule has 2 nitrogen and oxygen atoms in total. The van der Waals surface area contributed by atoms with Crippen LogP contribution in [-0.2, 0) is 4.74 Å². The Morgan fingerprint density at radius 2 is 2.40 bits per heavy atom. The quantitative estimate of drug-likeness (QED) is 0.598. The Balaban J connectivity index is 2.42. The minimum absolute atomic E-state index is 0.288. The van der Waals surface area contributed by atoms with Crippen molar-refractivity contribution in [3.8, 4) is 0 Å². The normalized spacial score (nSPS) is 41.7. The fourth-order valence-electron chi connectivity index (χ4n) is 1.19. The lowest BCUT2D eigenvalue weighted by molar-refractivity contribution is -0.112. The lowest BCUT2D eigenvalue weighted by atomic mass is 10.0. The van der Waals surface area contributed by atoms with Gasteiger partial charge in [-0.15, -0.1) is 0 Å². The van der Waals surface area contributed by atoms with Gasteiger partial charge >= 0.3 is 0 Å². The lowest BCUT2D eigenvalue weighted by Gasteiger charge is -2.29. The molecule has 1 rings (SSSR count). The zero-order valence-corrected chi connectivity index (χ0v) is 6.09. The van der Waals surface area contributed by atoms with E-state index in [2.05, 4.69) is 0 Å². The molecule has 3 heteroatoms. The van der Waals surface area contributed by atoms with E-state index in [0.717, 1.165) is 0 Å². The first kappa shape index (κ1) is 7.95. The van der Waals surface area contributed by atoms with Crippen LogP contribution in [0.5, 0.6) is 0 Å². The van der Waals surface area contributed by atoms with Crippen molar-refractivity contribution < 1.29 is 14.2 Å². The maximum atomic E-state index is 12.7. The van der Waals surface area contributed by atoms with E-state index in [1.54, 1.807) is 0 Å². The monoisotopic (exact) mass is 148 g/mol. The zero-order chi connectivity index (χ0) is 7.56. The van der Waals surface area contributed by atoms with Crippen molar-refractivity contribution in [2.75, 3.05) is 6.61 Å². The lowest BCUT2D eigenvalue weighted by Crippen LogP contribution is -2.41. The van der Waals surface area contributed by atoms with Gasteiger partial charge in [0.15, 0.2) is 0 Å². The summed E-state index contributed by atoms with van der Waals surface area (Å²) in [6, 6.07) is 0. The molecule has 0 aromatic carbocycles. The van der Waals surface area contributed by atoms with E-state index >= 15 is 0 Å². The second kappa shape index (κ2) is 3.30. The largest absolute Gasteiger partial charge is 0.387 e. The van der Waals surface area contributed by atoms with E-state index in [1.165, 1.54) is 0 Å². The van der Waals surface area contributed by atoms with Crippen LogP contribution in [0.25, 0.3) is 0 Å². The van der Waals surface area contributed by atoms with Gasteiger partial charge in [0.1, 0.15) is 12.3 Å². The second-order valence-electron chi connectivity index (χ2n) is 2.61. The van der Waals surface area contributed by atoms with Gasteiger partial charge in [0, 0.05) is 13.0 Å². The Morgan fingerprint density at radius 1 is 1.70 bits per heavy atom. The van der Waals surface area contributed by atoms with Gasteiger partial charge < -0.3 is 9.84 Å². The second-order valence-corrected chi connectivity index (χ2v) is 2.61. The van der Waals surface area contributed by atoms with E-state index in [1.807, 2.05) is 6.92 Å². The zero-order valence-electron chi connectivity index (χ0n) is 6.09. The summed E-state index contributed by atoms with van der Waals surface area (Å²) < 4.78 is 17.8. The van der Waals surface area contributed by atoms with E-state index in [9.17, 15) is 4.39 Å². The number of aliphatic hydroxyl groups is 1. The van der Waals surface area contributed by atoms with Crippen molar-refractivity contribution >= 4 is 0 Å². The van der Waals surface area contributed by atoms with E-state index in [4.69, 9.17) is 9.84 Å². The van der Waals surface area contributed by atoms with Crippen LogP contribution in [0.3, 0.4) is 0 Å². The average molecular weight is 148 g/mol. The molecule has 0 aromatic heterocycles. The summed E-state index contributed by atoms with van der Waals surface area (Å²) in [6.07, 6.45) is -1.26. The van der Waals surface area contributed by atoms with E-state index < -0.39 is 12.3 Å². The molecule has 3 unspecified atom stereocenters. The number of alkyl halides is 1. The first-order valence-corrected chi connectivity index (χ1v) is 3.69. The van der Waals surface area contributed by atoms with Gasteiger partial charge in [-0.1, -0.05) is 6.92 Å². The van der Waals surface area contributed by atoms with Crippen molar-refractivity contribution in [1.82, 2.24) is 0 Å². The van der Waals surface area contributed by atoms with Crippen molar-refractivity contribution in [2.24, 2.45) is 0 Å². The van der Waals surface area contributed by atoms with E-state index in [0.29, 0.717) is 19.4 Å². The Kier molecular flexibility index (Phi) is 2.63. The average Bonchev–Trinajstić information content (AvgIpc) is 1.95. The highest BCUT2D eigenvalue weighted by molar-refractivity contribution is 4.79. The third-order valence-electron chi connectivity index (χ3n) is 1.88. The van der Waals surface area contributed by atoms with Gasteiger partial charge in [-0.3, -0.25) is 0 Å². The highest BCUT2D eigenvalue weighted by Crippen LogP contribution is 2.19. The molecule has 0 bridgehead atoms. The number of halogens is 1. The number of hydrogen-bond donors (Lipinski definition) is 1. The molecular weight excluding hydrogens is 135 g/mol. The molecule has 60 valence electrons. The van der Waals surface area contributed by atoms with Crippen LogP contribution in [0, 0.1) is 0 Å². The first-order valence-electron chi connectivity index (χ1n) is 3.69. The molecule has 1 fully saturated rings. The molecule has 1 aliphatic heterocycles. The summed E-state index contributed by atoms with van der Waals surface area (Å²) in [5.41, 5.74) is 0. The molecule has 10 heavy (non-hydrogen) atoms. The summed E-state index contributed by atoms with van der Waals surface area (Å²) in [4.78, 5) is 0. The number of ether oxygens (including phenoxy) is 1. The Morgan fingerprint density at radius 3 is 2.90 bits per heavy atom. The molecule has 0 spiro atoms. The van der Waals surface area contributed by atoms with Crippen LogP contribution in [-0.4, -0.2) is 30.1 Å². The van der Waals surface area contributed by atoms with Crippen molar-refractivity contribution in [1.29, 1.82) is 0 Å². The van der Waals surface area contributed by atoms with Gasteiger partial charge in [-0.2, -0.15) is 0 Å². The molecule has 1 heterocycles. The summed E-state index contributed by atoms with van der Waals surface area (Å²) >= 11 is 0. The van der Waals surface area contributed by atoms with Gasteiger partial charge in [0.05, 0.1) is 6.10 Å². The molecule has 0 amide bonds. The fraction of sp³-hybridized carbons (Fsp3) is 1.00. The van der Waals surface area contributed by atoms with Crippen LogP contribution >= 0.6 is 0 Å². The molecule has 3 atom stereocenters. The number of rotatable bonds is 1. The number of aliphatic hydroxyl groups excluding tert-OH is 1. The van der Waals surface area contributed by atoms with Gasteiger partial charge in [0.25, 0.3) is 0 Å². The summed E-state index contributed by atoms with van der Waals surface area (Å²) in [7, 11) is 0. The molecule has 0 aromatic rings. The maximum absolute atomic E-state index is 12.7. The SMILES string of the molecule is CCC1OCCC(F)C1O. The van der Waals surface area contributed by atoms with Crippen LogP contribution in [0.4, 0.5) is 4.39 Å². The number of hydrogen-bond acceptors (Lipinski definition) is 2. The van der Waals surface area contributed by atoms with Crippen molar-refractivity contribution in [2.45, 2.75) is 38.1 Å². The Labute approximate surface area is 60.0 Å². The summed E-state index contributed by atoms with van der Waals surface area (Å²) in [5, 5.41) is 9.14. The predicted molar refractivity (Wildman–Crippen MR) is 35.6 cm³/mol. The van der Waals surface area contributed by atoms with Gasteiger partial charge in [0.2, 0.25) is 0 Å². The third kappa shape index (κ3) is 1.47. The Bertz CT molecular complexity index is 108.